The number of carbonyl (C=O) groups excluding carboxylic acids is 2. The lowest BCUT2D eigenvalue weighted by Crippen LogP contribution is -2.36. The van der Waals surface area contributed by atoms with Crippen LogP contribution in [0.1, 0.15) is 15.2 Å². The summed E-state index contributed by atoms with van der Waals surface area (Å²) in [5.41, 5.74) is 1.09. The van der Waals surface area contributed by atoms with Gasteiger partial charge < -0.3 is 4.74 Å². The third-order valence-corrected chi connectivity index (χ3v) is 5.80. The number of aromatic nitrogens is 1. The van der Waals surface area contributed by atoms with Crippen molar-refractivity contribution in [3.63, 3.8) is 0 Å². The Bertz CT molecular complexity index is 1170. The van der Waals surface area contributed by atoms with Gasteiger partial charge in [-0.15, -0.1) is 0 Å². The van der Waals surface area contributed by atoms with E-state index in [2.05, 4.69) is 15.9 Å². The van der Waals surface area contributed by atoms with Crippen molar-refractivity contribution < 1.29 is 22.7 Å². The summed E-state index contributed by atoms with van der Waals surface area (Å²) < 4.78 is 32.4. The predicted octanol–water partition coefficient (Wildman–Crippen LogP) is 3.30. The van der Waals surface area contributed by atoms with Crippen molar-refractivity contribution in [1.29, 1.82) is 0 Å². The van der Waals surface area contributed by atoms with Crippen LogP contribution in [-0.2, 0) is 14.8 Å². The second-order valence-electron chi connectivity index (χ2n) is 6.06. The molecule has 7 nitrogen and oxygen atoms in total. The number of esters is 1. The minimum absolute atomic E-state index is 0.236. The molecular weight excluding hydrogens is 448 g/mol. The molecule has 3 aromatic rings. The first kappa shape index (κ1) is 20.1. The minimum Gasteiger partial charge on any atom is -0.465 e. The largest absolute Gasteiger partial charge is 0.465 e. The maximum atomic E-state index is 13.0. The molecule has 9 heteroatoms. The van der Waals surface area contributed by atoms with Gasteiger partial charge in [0.15, 0.2) is 0 Å². The van der Waals surface area contributed by atoms with Crippen molar-refractivity contribution in [2.75, 3.05) is 24.2 Å². The molecule has 0 saturated heterocycles. The third-order valence-electron chi connectivity index (χ3n) is 4.16. The van der Waals surface area contributed by atoms with Crippen LogP contribution in [0.15, 0.2) is 59.2 Å². The van der Waals surface area contributed by atoms with Crippen LogP contribution in [0.3, 0.4) is 0 Å². The number of methoxy groups -OCH3 is 1. The van der Waals surface area contributed by atoms with Crippen LogP contribution < -0.4 is 4.31 Å². The van der Waals surface area contributed by atoms with Gasteiger partial charge in [-0.3, -0.25) is 13.7 Å². The van der Waals surface area contributed by atoms with Crippen molar-refractivity contribution >= 4 is 54.4 Å². The van der Waals surface area contributed by atoms with E-state index in [0.29, 0.717) is 21.1 Å². The Morgan fingerprint density at radius 3 is 2.50 bits per heavy atom. The average molecular weight is 465 g/mol. The number of benzene rings is 2. The molecule has 0 aliphatic rings. The first-order valence-corrected chi connectivity index (χ1v) is 10.8. The highest BCUT2D eigenvalue weighted by Gasteiger charge is 2.24. The van der Waals surface area contributed by atoms with Gasteiger partial charge in [-0.1, -0.05) is 40.2 Å². The standard InChI is InChI=1S/C19H17BrN2O5S/c1-27-19(24)16-11-21(17-9-4-3-8-15(16)17)18(23)12-22(28(2,25)26)14-7-5-6-13(20)10-14/h3-11H,12H2,1-2H3. The molecule has 0 fully saturated rings. The van der Waals surface area contributed by atoms with E-state index in [9.17, 15) is 18.0 Å². The molecule has 1 heterocycles. The summed E-state index contributed by atoms with van der Waals surface area (Å²) in [4.78, 5) is 25.0. The first-order chi connectivity index (χ1) is 13.2. The Labute approximate surface area is 170 Å². The zero-order chi connectivity index (χ0) is 20.5. The summed E-state index contributed by atoms with van der Waals surface area (Å²) in [7, 11) is -2.46. The number of para-hydroxylation sites is 1. The van der Waals surface area contributed by atoms with Crippen LogP contribution in [0, 0.1) is 0 Å². The van der Waals surface area contributed by atoms with Gasteiger partial charge in [-0.05, 0) is 24.3 Å². The molecule has 0 atom stereocenters. The lowest BCUT2D eigenvalue weighted by atomic mass is 10.2. The Morgan fingerprint density at radius 2 is 1.86 bits per heavy atom. The topological polar surface area (TPSA) is 85.7 Å². The van der Waals surface area contributed by atoms with E-state index in [4.69, 9.17) is 4.74 Å². The molecule has 146 valence electrons. The number of fused-ring (bicyclic) bond motifs is 1. The summed E-state index contributed by atoms with van der Waals surface area (Å²) in [6.07, 6.45) is 2.41. The predicted molar refractivity (Wildman–Crippen MR) is 110 cm³/mol. The average Bonchev–Trinajstić information content (AvgIpc) is 3.04. The monoisotopic (exact) mass is 464 g/mol. The summed E-state index contributed by atoms with van der Waals surface area (Å²) in [6.45, 7) is -0.422. The second kappa shape index (κ2) is 7.76. The lowest BCUT2D eigenvalue weighted by molar-refractivity contribution is 0.0603. The fourth-order valence-corrected chi connectivity index (χ4v) is 4.12. The molecule has 28 heavy (non-hydrogen) atoms. The van der Waals surface area contributed by atoms with Gasteiger partial charge in [0.1, 0.15) is 6.54 Å². The number of hydrogen-bond acceptors (Lipinski definition) is 5. The van der Waals surface area contributed by atoms with E-state index in [1.54, 1.807) is 48.5 Å². The van der Waals surface area contributed by atoms with Gasteiger partial charge in [0.05, 0.1) is 30.1 Å². The van der Waals surface area contributed by atoms with E-state index in [1.807, 2.05) is 0 Å². The number of halogens is 1. The molecule has 0 aliphatic heterocycles. The maximum absolute atomic E-state index is 13.0. The lowest BCUT2D eigenvalue weighted by Gasteiger charge is -2.22. The third kappa shape index (κ3) is 3.95. The van der Waals surface area contributed by atoms with Gasteiger partial charge in [0, 0.05) is 16.1 Å². The molecule has 0 spiro atoms. The van der Waals surface area contributed by atoms with Crippen LogP contribution in [0.5, 0.6) is 0 Å². The van der Waals surface area contributed by atoms with E-state index in [1.165, 1.54) is 17.9 Å². The summed E-state index contributed by atoms with van der Waals surface area (Å²) in [6, 6.07) is 13.5. The van der Waals surface area contributed by atoms with Crippen molar-refractivity contribution in [2.45, 2.75) is 0 Å². The Morgan fingerprint density at radius 1 is 1.14 bits per heavy atom. The Balaban J connectivity index is 2.05. The number of sulfonamides is 1. The smallest absolute Gasteiger partial charge is 0.340 e. The number of rotatable bonds is 5. The first-order valence-electron chi connectivity index (χ1n) is 8.17. The van der Waals surface area contributed by atoms with E-state index >= 15 is 0 Å². The molecule has 2 aromatic carbocycles. The molecular formula is C19H17BrN2O5S. The van der Waals surface area contributed by atoms with Crippen LogP contribution in [0.2, 0.25) is 0 Å². The van der Waals surface area contributed by atoms with Crippen molar-refractivity contribution in [3.05, 3.63) is 64.8 Å². The number of nitrogens with zero attached hydrogens (tertiary/aromatic N) is 2. The highest BCUT2D eigenvalue weighted by Crippen LogP contribution is 2.25. The quantitative estimate of drug-likeness (QED) is 0.540. The van der Waals surface area contributed by atoms with Crippen LogP contribution in [-0.4, -0.2) is 44.8 Å². The maximum Gasteiger partial charge on any atom is 0.340 e. The molecule has 0 radical (unpaired) electrons. The Hall–Kier alpha value is -2.65. The number of carbonyl (C=O) groups is 2. The zero-order valence-electron chi connectivity index (χ0n) is 15.1. The van der Waals surface area contributed by atoms with E-state index < -0.39 is 28.4 Å². The highest BCUT2D eigenvalue weighted by atomic mass is 79.9. The van der Waals surface area contributed by atoms with Gasteiger partial charge >= 0.3 is 5.97 Å². The zero-order valence-corrected chi connectivity index (χ0v) is 17.5. The molecule has 0 unspecified atom stereocenters. The van der Waals surface area contributed by atoms with Crippen LogP contribution in [0.25, 0.3) is 10.9 Å². The second-order valence-corrected chi connectivity index (χ2v) is 8.89. The van der Waals surface area contributed by atoms with Gasteiger partial charge in [-0.2, -0.15) is 0 Å². The number of anilines is 1. The molecule has 3 rings (SSSR count). The van der Waals surface area contributed by atoms with Crippen molar-refractivity contribution in [2.24, 2.45) is 0 Å². The van der Waals surface area contributed by atoms with Crippen LogP contribution in [0.4, 0.5) is 5.69 Å². The Kier molecular flexibility index (Phi) is 5.57. The van der Waals surface area contributed by atoms with Crippen LogP contribution >= 0.6 is 15.9 Å². The fraction of sp³-hybridized carbons (Fsp3) is 0.158. The van der Waals surface area contributed by atoms with Crippen molar-refractivity contribution in [3.8, 4) is 0 Å². The minimum atomic E-state index is -3.72. The number of ether oxygens (including phenoxy) is 1. The number of hydrogen-bond donors (Lipinski definition) is 0. The molecule has 1 aromatic heterocycles. The van der Waals surface area contributed by atoms with Gasteiger partial charge in [0.25, 0.3) is 5.91 Å². The van der Waals surface area contributed by atoms with E-state index in [0.717, 1.165) is 10.6 Å². The molecule has 0 aliphatic carbocycles. The molecule has 0 N–H and O–H groups in total. The molecule has 0 bridgehead atoms. The van der Waals surface area contributed by atoms with E-state index in [-0.39, 0.29) is 5.56 Å². The SMILES string of the molecule is COC(=O)c1cn(C(=O)CN(c2cccc(Br)c2)S(C)(=O)=O)c2ccccc12. The van der Waals surface area contributed by atoms with Gasteiger partial charge in [-0.25, -0.2) is 13.2 Å². The summed E-state index contributed by atoms with van der Waals surface area (Å²) in [5.74, 6) is -1.08. The van der Waals surface area contributed by atoms with Crippen molar-refractivity contribution in [1.82, 2.24) is 4.57 Å². The van der Waals surface area contributed by atoms with Gasteiger partial charge in [0.2, 0.25) is 10.0 Å². The highest BCUT2D eigenvalue weighted by molar-refractivity contribution is 9.10. The normalized spacial score (nSPS) is 11.4. The molecule has 0 amide bonds. The summed E-state index contributed by atoms with van der Waals surface area (Å²) in [5, 5.41) is 0.552. The summed E-state index contributed by atoms with van der Waals surface area (Å²) >= 11 is 3.31. The fourth-order valence-electron chi connectivity index (χ4n) is 2.89. The molecule has 0 saturated carbocycles.